The molecule has 7 heteroatoms. The molecule has 0 unspecified atom stereocenters. The van der Waals surface area contributed by atoms with Crippen LogP contribution >= 0.6 is 22.7 Å². The Labute approximate surface area is 106 Å². The first-order valence-electron chi connectivity index (χ1n) is 4.64. The molecule has 0 spiro atoms. The predicted octanol–water partition coefficient (Wildman–Crippen LogP) is 1.16. The van der Waals surface area contributed by atoms with Crippen LogP contribution in [-0.2, 0) is 0 Å². The number of thiazole rings is 2. The van der Waals surface area contributed by atoms with Crippen LogP contribution in [0, 0.1) is 11.8 Å². The van der Waals surface area contributed by atoms with Gasteiger partial charge >= 0.3 is 0 Å². The van der Waals surface area contributed by atoms with E-state index in [9.17, 15) is 4.79 Å². The van der Waals surface area contributed by atoms with Gasteiger partial charge in [-0.25, -0.2) is 4.98 Å². The minimum atomic E-state index is -0.208. The van der Waals surface area contributed by atoms with Gasteiger partial charge in [0.15, 0.2) is 5.13 Å². The van der Waals surface area contributed by atoms with E-state index in [1.807, 2.05) is 0 Å². The highest BCUT2D eigenvalue weighted by Crippen LogP contribution is 2.18. The molecule has 86 valence electrons. The lowest BCUT2D eigenvalue weighted by Gasteiger charge is -1.96. The summed E-state index contributed by atoms with van der Waals surface area (Å²) in [6, 6.07) is 0. The molecule has 2 rings (SSSR count). The number of nitrogens with two attached hydrogens (primary N) is 1. The standard InChI is InChI=1S/C10H8N4OS2/c11-3-1-2-7-4-13-10(17-7)14-9(15)8-5-12-6-16-8/h4-6H,3,11H2,(H,13,14,15). The summed E-state index contributed by atoms with van der Waals surface area (Å²) in [7, 11) is 0. The third-order valence-corrected chi connectivity index (χ3v) is 3.30. The summed E-state index contributed by atoms with van der Waals surface area (Å²) in [5.41, 5.74) is 6.87. The Bertz CT molecular complexity index is 565. The summed E-state index contributed by atoms with van der Waals surface area (Å²) in [6.07, 6.45) is 3.12. The van der Waals surface area contributed by atoms with Crippen molar-refractivity contribution in [2.24, 2.45) is 5.73 Å². The van der Waals surface area contributed by atoms with E-state index in [1.54, 1.807) is 11.7 Å². The Morgan fingerprint density at radius 2 is 2.41 bits per heavy atom. The molecule has 0 saturated carbocycles. The fraction of sp³-hybridized carbons (Fsp3) is 0.100. The Morgan fingerprint density at radius 1 is 1.53 bits per heavy atom. The number of aromatic nitrogens is 2. The molecule has 2 heterocycles. The zero-order valence-corrected chi connectivity index (χ0v) is 10.3. The monoisotopic (exact) mass is 264 g/mol. The lowest BCUT2D eigenvalue weighted by molar-refractivity contribution is 0.103. The molecule has 2 aromatic rings. The van der Waals surface area contributed by atoms with Crippen LogP contribution in [-0.4, -0.2) is 22.4 Å². The first-order valence-corrected chi connectivity index (χ1v) is 6.34. The SMILES string of the molecule is NCC#Cc1cnc(NC(=O)c2cncs2)s1. The average Bonchev–Trinajstić information content (AvgIpc) is 2.97. The third-order valence-electron chi connectivity index (χ3n) is 1.70. The highest BCUT2D eigenvalue weighted by atomic mass is 32.1. The molecule has 1 amide bonds. The topological polar surface area (TPSA) is 80.9 Å². The molecular weight excluding hydrogens is 256 g/mol. The van der Waals surface area contributed by atoms with Gasteiger partial charge in [-0.15, -0.1) is 11.3 Å². The Morgan fingerprint density at radius 3 is 3.12 bits per heavy atom. The smallest absolute Gasteiger partial charge is 0.269 e. The van der Waals surface area contributed by atoms with Gasteiger partial charge in [-0.05, 0) is 0 Å². The number of hydrogen-bond donors (Lipinski definition) is 2. The van der Waals surface area contributed by atoms with Crippen LogP contribution in [0.25, 0.3) is 0 Å². The first-order chi connectivity index (χ1) is 8.29. The van der Waals surface area contributed by atoms with E-state index in [0.717, 1.165) is 4.88 Å². The van der Waals surface area contributed by atoms with Crippen molar-refractivity contribution >= 4 is 33.7 Å². The van der Waals surface area contributed by atoms with Crippen molar-refractivity contribution in [3.05, 3.63) is 27.7 Å². The highest BCUT2D eigenvalue weighted by molar-refractivity contribution is 7.16. The third kappa shape index (κ3) is 3.10. The van der Waals surface area contributed by atoms with Crippen molar-refractivity contribution in [1.29, 1.82) is 0 Å². The van der Waals surface area contributed by atoms with E-state index >= 15 is 0 Å². The van der Waals surface area contributed by atoms with Gasteiger partial charge < -0.3 is 5.73 Å². The van der Waals surface area contributed by atoms with E-state index in [-0.39, 0.29) is 5.91 Å². The van der Waals surface area contributed by atoms with Gasteiger partial charge in [-0.3, -0.25) is 15.1 Å². The molecule has 2 aromatic heterocycles. The number of carbonyl (C=O) groups excluding carboxylic acids is 1. The number of hydrogen-bond acceptors (Lipinski definition) is 6. The molecule has 5 nitrogen and oxygen atoms in total. The van der Waals surface area contributed by atoms with Crippen LogP contribution in [0.1, 0.15) is 14.5 Å². The number of nitrogens with one attached hydrogen (secondary N) is 1. The molecule has 0 aliphatic carbocycles. The molecule has 0 aromatic carbocycles. The normalized spacial score (nSPS) is 9.47. The van der Waals surface area contributed by atoms with Gasteiger partial charge in [-0.1, -0.05) is 23.2 Å². The largest absolute Gasteiger partial charge is 0.320 e. The fourth-order valence-corrected chi connectivity index (χ4v) is 2.22. The molecule has 0 aliphatic heterocycles. The van der Waals surface area contributed by atoms with Crippen molar-refractivity contribution in [2.75, 3.05) is 11.9 Å². The van der Waals surface area contributed by atoms with Gasteiger partial charge in [-0.2, -0.15) is 0 Å². The summed E-state index contributed by atoms with van der Waals surface area (Å²) >= 11 is 2.59. The van der Waals surface area contributed by atoms with Crippen LogP contribution in [0.5, 0.6) is 0 Å². The summed E-state index contributed by atoms with van der Waals surface area (Å²) in [5, 5.41) is 3.20. The molecule has 0 radical (unpaired) electrons. The molecule has 0 saturated heterocycles. The summed E-state index contributed by atoms with van der Waals surface area (Å²) in [6.45, 7) is 0.306. The maximum atomic E-state index is 11.7. The van der Waals surface area contributed by atoms with Crippen LogP contribution in [0.3, 0.4) is 0 Å². The quantitative estimate of drug-likeness (QED) is 0.798. The van der Waals surface area contributed by atoms with E-state index in [0.29, 0.717) is 16.6 Å². The van der Waals surface area contributed by atoms with Gasteiger partial charge in [0.25, 0.3) is 5.91 Å². The zero-order valence-electron chi connectivity index (χ0n) is 8.64. The second kappa shape index (κ2) is 5.54. The van der Waals surface area contributed by atoms with E-state index in [1.165, 1.54) is 28.9 Å². The van der Waals surface area contributed by atoms with Crippen molar-refractivity contribution in [2.45, 2.75) is 0 Å². The molecule has 0 fully saturated rings. The predicted molar refractivity (Wildman–Crippen MR) is 68.1 cm³/mol. The van der Waals surface area contributed by atoms with Crippen molar-refractivity contribution in [3.63, 3.8) is 0 Å². The lowest BCUT2D eigenvalue weighted by atomic mass is 10.5. The number of carbonyl (C=O) groups is 1. The van der Waals surface area contributed by atoms with Gasteiger partial charge in [0.2, 0.25) is 0 Å². The Hall–Kier alpha value is -1.75. The van der Waals surface area contributed by atoms with E-state index in [4.69, 9.17) is 5.73 Å². The van der Waals surface area contributed by atoms with E-state index in [2.05, 4.69) is 27.1 Å². The Kier molecular flexibility index (Phi) is 3.82. The average molecular weight is 264 g/mol. The van der Waals surface area contributed by atoms with Crippen LogP contribution in [0.15, 0.2) is 17.9 Å². The minimum Gasteiger partial charge on any atom is -0.320 e. The van der Waals surface area contributed by atoms with Crippen molar-refractivity contribution in [3.8, 4) is 11.8 Å². The van der Waals surface area contributed by atoms with Gasteiger partial charge in [0.1, 0.15) is 4.88 Å². The molecule has 0 bridgehead atoms. The molecular formula is C10H8N4OS2. The lowest BCUT2D eigenvalue weighted by Crippen LogP contribution is -2.09. The number of nitrogens with zero attached hydrogens (tertiary/aromatic N) is 2. The highest BCUT2D eigenvalue weighted by Gasteiger charge is 2.09. The number of anilines is 1. The van der Waals surface area contributed by atoms with E-state index < -0.39 is 0 Å². The second-order valence-corrected chi connectivity index (χ2v) is 4.77. The number of rotatable bonds is 2. The van der Waals surface area contributed by atoms with Crippen LogP contribution < -0.4 is 11.1 Å². The summed E-state index contributed by atoms with van der Waals surface area (Å²) < 4.78 is 0. The van der Waals surface area contributed by atoms with Gasteiger partial charge in [0, 0.05) is 0 Å². The second-order valence-electron chi connectivity index (χ2n) is 2.86. The van der Waals surface area contributed by atoms with Crippen LogP contribution in [0.4, 0.5) is 5.13 Å². The molecule has 17 heavy (non-hydrogen) atoms. The fourth-order valence-electron chi connectivity index (χ4n) is 1.01. The zero-order chi connectivity index (χ0) is 12.1. The van der Waals surface area contributed by atoms with Crippen molar-refractivity contribution in [1.82, 2.24) is 9.97 Å². The first kappa shape index (κ1) is 11.7. The maximum Gasteiger partial charge on any atom is 0.269 e. The van der Waals surface area contributed by atoms with Crippen molar-refractivity contribution < 1.29 is 4.79 Å². The molecule has 0 atom stereocenters. The molecule has 0 aliphatic rings. The molecule has 3 N–H and O–H groups in total. The Balaban J connectivity index is 2.04. The van der Waals surface area contributed by atoms with Crippen LogP contribution in [0.2, 0.25) is 0 Å². The summed E-state index contributed by atoms with van der Waals surface area (Å²) in [5.74, 6) is 5.37. The minimum absolute atomic E-state index is 0.208. The maximum absolute atomic E-state index is 11.7. The number of amides is 1. The van der Waals surface area contributed by atoms with Gasteiger partial charge in [0.05, 0.1) is 29.3 Å². The summed E-state index contributed by atoms with van der Waals surface area (Å²) in [4.78, 5) is 20.9.